The Labute approximate surface area is 166 Å². The molecule has 0 saturated heterocycles. The van der Waals surface area contributed by atoms with Gasteiger partial charge >= 0.3 is 6.18 Å². The molecule has 2 heterocycles. The van der Waals surface area contributed by atoms with Gasteiger partial charge in [-0.2, -0.15) is 23.4 Å². The van der Waals surface area contributed by atoms with Crippen LogP contribution in [0.5, 0.6) is 0 Å². The van der Waals surface area contributed by atoms with E-state index in [9.17, 15) is 23.5 Å². The highest BCUT2D eigenvalue weighted by molar-refractivity contribution is 5.54. The second-order valence-corrected chi connectivity index (χ2v) is 7.37. The highest BCUT2D eigenvalue weighted by Gasteiger charge is 2.33. The first-order valence-electron chi connectivity index (χ1n) is 9.18. The molecule has 2 aromatic rings. The van der Waals surface area contributed by atoms with Crippen LogP contribution in [-0.2, 0) is 12.7 Å². The molecule has 0 spiro atoms. The lowest BCUT2D eigenvalue weighted by atomic mass is 9.83. The van der Waals surface area contributed by atoms with Crippen molar-refractivity contribution in [2.75, 3.05) is 10.6 Å². The van der Waals surface area contributed by atoms with Crippen molar-refractivity contribution in [3.8, 4) is 6.07 Å². The molecule has 0 radical (unpaired) electrons. The Balaban J connectivity index is 1.72. The van der Waals surface area contributed by atoms with E-state index in [0.717, 1.165) is 31.3 Å². The van der Waals surface area contributed by atoms with Crippen LogP contribution in [0.15, 0.2) is 24.7 Å². The van der Waals surface area contributed by atoms with Crippen LogP contribution < -0.4 is 10.6 Å². The van der Waals surface area contributed by atoms with Gasteiger partial charge in [-0.25, -0.2) is 4.98 Å². The molecule has 0 amide bonds. The molecule has 154 valence electrons. The molecule has 0 bridgehead atoms. The number of nitrogens with zero attached hydrogens (tertiary/aromatic N) is 4. The predicted molar refractivity (Wildman–Crippen MR) is 99.8 cm³/mol. The van der Waals surface area contributed by atoms with E-state index < -0.39 is 17.3 Å². The quantitative estimate of drug-likeness (QED) is 0.698. The fourth-order valence-electron chi connectivity index (χ4n) is 3.26. The van der Waals surface area contributed by atoms with E-state index in [-0.39, 0.29) is 29.7 Å². The molecule has 0 unspecified atom stereocenters. The van der Waals surface area contributed by atoms with Gasteiger partial charge in [-0.15, -0.1) is 0 Å². The molecule has 1 fully saturated rings. The Morgan fingerprint density at radius 2 is 2.03 bits per heavy atom. The Kier molecular flexibility index (Phi) is 5.88. The maximum absolute atomic E-state index is 13.1. The molecule has 0 atom stereocenters. The Morgan fingerprint density at radius 3 is 2.69 bits per heavy atom. The maximum atomic E-state index is 13.1. The van der Waals surface area contributed by atoms with E-state index in [1.54, 1.807) is 6.92 Å². The molecule has 0 aromatic carbocycles. The lowest BCUT2D eigenvalue weighted by Gasteiger charge is -2.33. The van der Waals surface area contributed by atoms with Crippen molar-refractivity contribution in [3.63, 3.8) is 0 Å². The van der Waals surface area contributed by atoms with Gasteiger partial charge in [-0.1, -0.05) is 0 Å². The molecule has 29 heavy (non-hydrogen) atoms. The molecule has 1 saturated carbocycles. The molecule has 3 rings (SSSR count). The van der Waals surface area contributed by atoms with Gasteiger partial charge in [0.15, 0.2) is 0 Å². The Bertz CT molecular complexity index is 900. The Hall–Kier alpha value is -2.93. The fraction of sp³-hybridized carbons (Fsp3) is 0.474. The number of pyridine rings is 1. The molecule has 2 aromatic heterocycles. The Morgan fingerprint density at radius 1 is 1.31 bits per heavy atom. The van der Waals surface area contributed by atoms with Crippen molar-refractivity contribution >= 4 is 11.8 Å². The van der Waals surface area contributed by atoms with Crippen molar-refractivity contribution in [2.45, 2.75) is 57.0 Å². The number of halogens is 3. The van der Waals surface area contributed by atoms with E-state index in [2.05, 4.69) is 25.6 Å². The van der Waals surface area contributed by atoms with Gasteiger partial charge < -0.3 is 15.7 Å². The molecule has 1 aliphatic carbocycles. The zero-order chi connectivity index (χ0) is 21.1. The minimum Gasteiger partial charge on any atom is -0.390 e. The van der Waals surface area contributed by atoms with Crippen molar-refractivity contribution < 1.29 is 18.3 Å². The van der Waals surface area contributed by atoms with Crippen LogP contribution in [0, 0.1) is 11.3 Å². The average Bonchev–Trinajstić information content (AvgIpc) is 2.68. The van der Waals surface area contributed by atoms with E-state index >= 15 is 0 Å². The summed E-state index contributed by atoms with van der Waals surface area (Å²) in [7, 11) is 0. The standard InChI is InChI=1S/C19H21F3N6O/c1-18(29)5-2-14(3-6-18)27-16-12(8-23)10-25-17(28-16)26-11-13-9-24-7-4-15(13)19(20,21)22/h4,7,9-10,14,29H,2-3,5-6,11H2,1H3,(H2,25,26,27,28)/t14-,18+. The van der Waals surface area contributed by atoms with Crippen LogP contribution >= 0.6 is 0 Å². The van der Waals surface area contributed by atoms with Gasteiger partial charge in [0.2, 0.25) is 5.95 Å². The fourth-order valence-corrected chi connectivity index (χ4v) is 3.26. The second kappa shape index (κ2) is 8.21. The molecular formula is C19H21F3N6O. The number of rotatable bonds is 5. The summed E-state index contributed by atoms with van der Waals surface area (Å²) in [5.41, 5.74) is -1.25. The molecule has 7 nitrogen and oxygen atoms in total. The van der Waals surface area contributed by atoms with Crippen LogP contribution in [0.1, 0.15) is 49.3 Å². The van der Waals surface area contributed by atoms with Gasteiger partial charge in [-0.05, 0) is 38.7 Å². The number of alkyl halides is 3. The number of anilines is 2. The lowest BCUT2D eigenvalue weighted by Crippen LogP contribution is -2.36. The van der Waals surface area contributed by atoms with Crippen molar-refractivity contribution in [3.05, 3.63) is 41.3 Å². The number of nitriles is 1. The number of aliphatic hydroxyl groups is 1. The highest BCUT2D eigenvalue weighted by atomic mass is 19.4. The van der Waals surface area contributed by atoms with E-state index in [1.807, 2.05) is 6.07 Å². The smallest absolute Gasteiger partial charge is 0.390 e. The van der Waals surface area contributed by atoms with Crippen molar-refractivity contribution in [1.29, 1.82) is 5.26 Å². The summed E-state index contributed by atoms with van der Waals surface area (Å²) >= 11 is 0. The van der Waals surface area contributed by atoms with Gasteiger partial charge in [0, 0.05) is 30.5 Å². The van der Waals surface area contributed by atoms with E-state index in [4.69, 9.17) is 0 Å². The van der Waals surface area contributed by atoms with Crippen LogP contribution in [0.25, 0.3) is 0 Å². The third-order valence-corrected chi connectivity index (χ3v) is 4.96. The largest absolute Gasteiger partial charge is 0.416 e. The second-order valence-electron chi connectivity index (χ2n) is 7.37. The summed E-state index contributed by atoms with van der Waals surface area (Å²) < 4.78 is 39.3. The molecule has 1 aliphatic rings. The van der Waals surface area contributed by atoms with Gasteiger partial charge in [0.25, 0.3) is 0 Å². The van der Waals surface area contributed by atoms with Gasteiger partial charge in [0.05, 0.1) is 17.4 Å². The summed E-state index contributed by atoms with van der Waals surface area (Å²) in [6.45, 7) is 1.63. The SMILES string of the molecule is C[C@]1(O)CC[C@@H](Nc2nc(NCc3cnccc3C(F)(F)F)ncc2C#N)CC1. The number of hydrogen-bond acceptors (Lipinski definition) is 7. The van der Waals surface area contributed by atoms with Crippen LogP contribution in [-0.4, -0.2) is 31.7 Å². The maximum Gasteiger partial charge on any atom is 0.416 e. The van der Waals surface area contributed by atoms with Crippen molar-refractivity contribution in [2.24, 2.45) is 0 Å². The van der Waals surface area contributed by atoms with Gasteiger partial charge in [-0.3, -0.25) is 4.98 Å². The summed E-state index contributed by atoms with van der Waals surface area (Å²) in [5.74, 6) is 0.421. The van der Waals surface area contributed by atoms with Crippen LogP contribution in [0.4, 0.5) is 24.9 Å². The normalized spacial score (nSPS) is 22.0. The van der Waals surface area contributed by atoms with Gasteiger partial charge in [0.1, 0.15) is 17.5 Å². The summed E-state index contributed by atoms with van der Waals surface area (Å²) in [6.07, 6.45) is 1.77. The molecule has 3 N–H and O–H groups in total. The minimum absolute atomic E-state index is 0.0306. The van der Waals surface area contributed by atoms with Crippen LogP contribution in [0.3, 0.4) is 0 Å². The minimum atomic E-state index is -4.49. The first kappa shape index (κ1) is 20.8. The average molecular weight is 406 g/mol. The number of hydrogen-bond donors (Lipinski definition) is 3. The predicted octanol–water partition coefficient (Wildman–Crippen LogP) is 3.48. The van der Waals surface area contributed by atoms with E-state index in [1.165, 1.54) is 6.20 Å². The first-order chi connectivity index (χ1) is 13.7. The zero-order valence-corrected chi connectivity index (χ0v) is 15.8. The van der Waals surface area contributed by atoms with E-state index in [0.29, 0.717) is 18.7 Å². The molecule has 0 aliphatic heterocycles. The first-order valence-corrected chi connectivity index (χ1v) is 9.18. The summed E-state index contributed by atoms with van der Waals surface area (Å²) in [5, 5.41) is 25.3. The van der Waals surface area contributed by atoms with Crippen molar-refractivity contribution in [1.82, 2.24) is 15.0 Å². The topological polar surface area (TPSA) is 107 Å². The third kappa shape index (κ3) is 5.32. The summed E-state index contributed by atoms with van der Waals surface area (Å²) in [6, 6.07) is 2.97. The van der Waals surface area contributed by atoms with Crippen LogP contribution in [0.2, 0.25) is 0 Å². The third-order valence-electron chi connectivity index (χ3n) is 4.96. The summed E-state index contributed by atoms with van der Waals surface area (Å²) in [4.78, 5) is 12.0. The number of nitrogens with one attached hydrogen (secondary N) is 2. The molecule has 10 heteroatoms. The monoisotopic (exact) mass is 406 g/mol. The number of aromatic nitrogens is 3. The zero-order valence-electron chi connectivity index (χ0n) is 15.8. The molecular weight excluding hydrogens is 385 g/mol. The lowest BCUT2D eigenvalue weighted by molar-refractivity contribution is -0.138. The highest BCUT2D eigenvalue weighted by Crippen LogP contribution is 2.32.